The van der Waals surface area contributed by atoms with Crippen LogP contribution in [0.15, 0.2) is 149 Å². The Kier molecular flexibility index (Phi) is 15.6. The molecule has 0 bridgehead atoms. The Labute approximate surface area is 394 Å². The van der Waals surface area contributed by atoms with Crippen LogP contribution in [0.3, 0.4) is 0 Å². The minimum absolute atomic E-state index is 0. The molecule has 0 saturated carbocycles. The Morgan fingerprint density at radius 1 is 0.565 bits per heavy atom. The van der Waals surface area contributed by atoms with Crippen molar-refractivity contribution in [3.05, 3.63) is 193 Å². The Bertz CT molecular complexity index is 2520. The van der Waals surface area contributed by atoms with Gasteiger partial charge in [-0.25, -0.2) is 0 Å². The molecule has 3 heteroatoms. The van der Waals surface area contributed by atoms with E-state index in [-0.39, 0.29) is 35.6 Å². The molecule has 0 nitrogen and oxygen atoms in total. The smallest absolute Gasteiger partial charge is 0.147 e. The molecule has 2 aliphatic carbocycles. The summed E-state index contributed by atoms with van der Waals surface area (Å²) in [5.74, 6) is 0. The van der Waals surface area contributed by atoms with Crippen molar-refractivity contribution in [3.63, 3.8) is 0 Å². The van der Waals surface area contributed by atoms with E-state index >= 15 is 0 Å². The predicted octanol–water partition coefficient (Wildman–Crippen LogP) is 16.1. The Hall–Kier alpha value is -3.87. The van der Waals surface area contributed by atoms with Crippen LogP contribution in [-0.2, 0) is 51.4 Å². The molecule has 0 saturated heterocycles. The molecule has 0 N–H and O–H groups in total. The van der Waals surface area contributed by atoms with Crippen LogP contribution in [0.2, 0.25) is 0 Å². The number of allylic oxidation sites excluding steroid dienone is 4. The van der Waals surface area contributed by atoms with Gasteiger partial charge < -0.3 is 0 Å². The van der Waals surface area contributed by atoms with Crippen LogP contribution in [0.4, 0.5) is 0 Å². The minimum Gasteiger partial charge on any atom is -0.147 e. The van der Waals surface area contributed by atoms with E-state index in [1.807, 2.05) is 0 Å². The molecule has 0 aliphatic heterocycles. The summed E-state index contributed by atoms with van der Waals surface area (Å²) < 4.78 is 4.95. The van der Waals surface area contributed by atoms with Crippen LogP contribution in [0.5, 0.6) is 0 Å². The minimum atomic E-state index is -3.10. The number of halogens is 2. The molecule has 6 aromatic carbocycles. The van der Waals surface area contributed by atoms with Crippen LogP contribution in [0.1, 0.15) is 132 Å². The molecule has 0 unspecified atom stereocenters. The molecular weight excluding hydrogens is 871 g/mol. The largest absolute Gasteiger partial charge is 0.147 e. The van der Waals surface area contributed by atoms with E-state index in [0.717, 1.165) is 25.7 Å². The van der Waals surface area contributed by atoms with E-state index < -0.39 is 21.3 Å². The summed E-state index contributed by atoms with van der Waals surface area (Å²) in [6.45, 7) is 19.1. The Morgan fingerprint density at radius 2 is 1.08 bits per heavy atom. The average Bonchev–Trinajstić information content (AvgIpc) is 3.92. The van der Waals surface area contributed by atoms with Gasteiger partial charge in [-0.2, -0.15) is 0 Å². The molecule has 6 aromatic rings. The van der Waals surface area contributed by atoms with Crippen LogP contribution in [0, 0.1) is 0 Å². The van der Waals surface area contributed by atoms with Gasteiger partial charge in [-0.1, -0.05) is 0 Å². The molecule has 62 heavy (non-hydrogen) atoms. The standard InChI is InChI=1S/C33H33.C21H26.C5H5.2ClH.Zr/c1-32(2,3)30-20-26-24(18-28(30)22-13-9-7-10-14-22)17-25-19-29(23-15-11-8-12-16-23)31(21-27(25)26)33(4,5)6;1-3-5-7-18-9-13-20(14-10-18)17-21-15-11-19(12-16-21)8-6-4-2;1-2-4-5-3-1;;;/h7-16,18,20-21H,17H2,1-6H3;9-16H,3-8H2,1-2H3;1-3H,4H2;2*1H;. The van der Waals surface area contributed by atoms with Gasteiger partial charge in [0.05, 0.1) is 0 Å². The first-order valence-corrected chi connectivity index (χ1v) is 26.4. The maximum absolute atomic E-state index is 3.10. The molecule has 0 heterocycles. The van der Waals surface area contributed by atoms with E-state index in [1.165, 1.54) is 98.0 Å². The van der Waals surface area contributed by atoms with Gasteiger partial charge in [0.15, 0.2) is 0 Å². The zero-order valence-electron chi connectivity index (χ0n) is 38.3. The number of hydrogen-bond acceptors (Lipinski definition) is 0. The van der Waals surface area contributed by atoms with Crippen LogP contribution < -0.4 is 3.27 Å². The first-order valence-electron chi connectivity index (χ1n) is 22.7. The molecule has 2 aliphatic rings. The number of unbranched alkanes of at least 4 members (excludes halogenated alkanes) is 2. The number of aryl methyl sites for hydroxylation is 2. The van der Waals surface area contributed by atoms with Gasteiger partial charge in [-0.05, 0) is 0 Å². The van der Waals surface area contributed by atoms with Gasteiger partial charge in [0.2, 0.25) is 0 Å². The van der Waals surface area contributed by atoms with Crippen molar-refractivity contribution in [2.45, 2.75) is 118 Å². The van der Waals surface area contributed by atoms with Gasteiger partial charge in [-0.3, -0.25) is 0 Å². The quantitative estimate of drug-likeness (QED) is 0.115. The second kappa shape index (κ2) is 20.3. The number of benzene rings is 6. The van der Waals surface area contributed by atoms with Crippen molar-refractivity contribution >= 4 is 31.3 Å². The second-order valence-electron chi connectivity index (χ2n) is 19.3. The molecule has 8 rings (SSSR count). The van der Waals surface area contributed by atoms with Crippen molar-refractivity contribution in [2.24, 2.45) is 0 Å². The van der Waals surface area contributed by atoms with E-state index in [0.29, 0.717) is 0 Å². The molecule has 0 atom stereocenters. The van der Waals surface area contributed by atoms with Crippen molar-refractivity contribution in [1.82, 2.24) is 0 Å². The van der Waals surface area contributed by atoms with Gasteiger partial charge in [0.1, 0.15) is 0 Å². The fourth-order valence-electron chi connectivity index (χ4n) is 9.60. The van der Waals surface area contributed by atoms with Crippen molar-refractivity contribution in [1.29, 1.82) is 0 Å². The van der Waals surface area contributed by atoms with Crippen molar-refractivity contribution in [2.75, 3.05) is 0 Å². The van der Waals surface area contributed by atoms with Gasteiger partial charge in [0, 0.05) is 0 Å². The molecule has 320 valence electrons. The van der Waals surface area contributed by atoms with E-state index in [9.17, 15) is 0 Å². The zero-order chi connectivity index (χ0) is 42.0. The third-order valence-corrected chi connectivity index (χ3v) is 20.5. The van der Waals surface area contributed by atoms with E-state index in [4.69, 9.17) is 0 Å². The number of hydrogen-bond donors (Lipinski definition) is 0. The Balaban J connectivity index is 0.00000321. The van der Waals surface area contributed by atoms with Crippen LogP contribution in [0.25, 0.3) is 33.4 Å². The monoisotopic (exact) mass is 934 g/mol. The second-order valence-corrected chi connectivity index (χ2v) is 25.2. The summed E-state index contributed by atoms with van der Waals surface area (Å²) in [7, 11) is 0. The molecule has 0 fully saturated rings. The summed E-state index contributed by atoms with van der Waals surface area (Å²) in [6, 6.07) is 50.1. The summed E-state index contributed by atoms with van der Waals surface area (Å²) in [4.78, 5) is 0. The maximum Gasteiger partial charge on any atom is -0.147 e. The number of rotatable bonds is 12. The maximum atomic E-state index is 2.63. The summed E-state index contributed by atoms with van der Waals surface area (Å²) in [5, 5.41) is 0. The third-order valence-electron chi connectivity index (χ3n) is 12.8. The fourth-order valence-corrected chi connectivity index (χ4v) is 18.1. The summed E-state index contributed by atoms with van der Waals surface area (Å²) in [6.07, 6.45) is 16.4. The fraction of sp³-hybridized carbons (Fsp3) is 0.305. The normalized spacial score (nSPS) is 12.9. The van der Waals surface area contributed by atoms with Gasteiger partial charge in [0.25, 0.3) is 0 Å². The molecular formula is C59H66Cl2Zr. The van der Waals surface area contributed by atoms with Gasteiger partial charge >= 0.3 is 372 Å². The Morgan fingerprint density at radius 3 is 1.56 bits per heavy atom. The first-order chi connectivity index (χ1) is 29.0. The van der Waals surface area contributed by atoms with Crippen LogP contribution >= 0.6 is 24.8 Å². The molecule has 0 spiro atoms. The van der Waals surface area contributed by atoms with Crippen LogP contribution in [-0.4, -0.2) is 3.21 Å². The molecule has 0 aromatic heterocycles. The summed E-state index contributed by atoms with van der Waals surface area (Å²) >= 11 is -3.10. The average molecular weight is 937 g/mol. The van der Waals surface area contributed by atoms with Gasteiger partial charge in [-0.15, -0.1) is 24.8 Å². The number of fused-ring (bicyclic) bond motifs is 3. The summed E-state index contributed by atoms with van der Waals surface area (Å²) in [5.41, 5.74) is 20.0. The van der Waals surface area contributed by atoms with E-state index in [2.05, 4.69) is 201 Å². The molecule has 0 radical (unpaired) electrons. The zero-order valence-corrected chi connectivity index (χ0v) is 42.4. The SMILES string of the molecule is CCCCc1ccc([C](c2ccc(CCCC)cc2)=[Zr]([C]2=CC=CC2)[c]2c3c(cc(C(C)(C)C)c2-c2ccccc2)-c2cc(C(C)(C)C)c(-c4ccccc4)cc2C3)cc1.Cl.Cl. The van der Waals surface area contributed by atoms with E-state index in [1.54, 1.807) is 15.3 Å². The van der Waals surface area contributed by atoms with Crippen molar-refractivity contribution in [3.8, 4) is 33.4 Å². The van der Waals surface area contributed by atoms with Crippen molar-refractivity contribution < 1.29 is 21.3 Å². The third kappa shape index (κ3) is 9.92. The first kappa shape index (κ1) is 47.6. The predicted molar refractivity (Wildman–Crippen MR) is 272 cm³/mol. The molecule has 0 amide bonds. The topological polar surface area (TPSA) is 0 Å².